The van der Waals surface area contributed by atoms with Crippen LogP contribution in [0.15, 0.2) is 48.7 Å². The van der Waals surface area contributed by atoms with E-state index in [9.17, 15) is 0 Å². The molecule has 0 unspecified atom stereocenters. The lowest BCUT2D eigenvalue weighted by Gasteiger charge is -2.28. The van der Waals surface area contributed by atoms with Crippen molar-refractivity contribution in [1.29, 1.82) is 0 Å². The largest absolute Gasteiger partial charge is 0.474 e. The van der Waals surface area contributed by atoms with Crippen molar-refractivity contribution in [3.63, 3.8) is 0 Å². The summed E-state index contributed by atoms with van der Waals surface area (Å²) in [7, 11) is 4.15. The number of nitrogens with zero attached hydrogens (tertiary/aromatic N) is 5. The zero-order chi connectivity index (χ0) is 20.9. The Balaban J connectivity index is 1.51. The monoisotopic (exact) mass is 425 g/mol. The van der Waals surface area contributed by atoms with E-state index in [0.717, 1.165) is 61.0 Å². The highest BCUT2D eigenvalue weighted by atomic mass is 35.5. The molecular weight excluding hydrogens is 398 g/mol. The lowest BCUT2D eigenvalue weighted by Crippen LogP contribution is -2.25. The second-order valence-electron chi connectivity index (χ2n) is 8.10. The van der Waals surface area contributed by atoms with Gasteiger partial charge in [0.15, 0.2) is 0 Å². The molecule has 0 atom stereocenters. The normalized spacial score (nSPS) is 19.2. The molecule has 1 fully saturated rings. The van der Waals surface area contributed by atoms with Crippen molar-refractivity contribution >= 4 is 11.6 Å². The van der Waals surface area contributed by atoms with Crippen molar-refractivity contribution in [2.75, 3.05) is 20.6 Å². The number of pyridine rings is 1. The fourth-order valence-corrected chi connectivity index (χ4v) is 4.10. The smallest absolute Gasteiger partial charge is 0.213 e. The van der Waals surface area contributed by atoms with E-state index in [4.69, 9.17) is 16.3 Å². The lowest BCUT2D eigenvalue weighted by molar-refractivity contribution is 0.139. The maximum Gasteiger partial charge on any atom is 0.213 e. The first-order chi connectivity index (χ1) is 14.6. The summed E-state index contributed by atoms with van der Waals surface area (Å²) < 4.78 is 8.29. The summed E-state index contributed by atoms with van der Waals surface area (Å²) in [6.07, 6.45) is 6.85. The second-order valence-corrected chi connectivity index (χ2v) is 8.54. The van der Waals surface area contributed by atoms with Gasteiger partial charge in [-0.05, 0) is 70.1 Å². The van der Waals surface area contributed by atoms with Gasteiger partial charge in [0, 0.05) is 41.9 Å². The van der Waals surface area contributed by atoms with E-state index in [1.807, 2.05) is 42.5 Å². The molecule has 158 valence electrons. The van der Waals surface area contributed by atoms with Crippen molar-refractivity contribution in [1.82, 2.24) is 24.6 Å². The van der Waals surface area contributed by atoms with Crippen LogP contribution in [-0.4, -0.2) is 51.4 Å². The van der Waals surface area contributed by atoms with Gasteiger partial charge in [-0.1, -0.05) is 17.7 Å². The Kier molecular flexibility index (Phi) is 6.65. The Labute approximate surface area is 182 Å². The highest BCUT2D eigenvalue weighted by molar-refractivity contribution is 6.30. The first-order valence-corrected chi connectivity index (χ1v) is 10.9. The molecule has 7 heteroatoms. The average molecular weight is 426 g/mol. The van der Waals surface area contributed by atoms with Crippen LogP contribution in [0.25, 0.3) is 5.69 Å². The van der Waals surface area contributed by atoms with Gasteiger partial charge in [-0.2, -0.15) is 0 Å². The number of aromatic nitrogens is 4. The van der Waals surface area contributed by atoms with Crippen molar-refractivity contribution in [3.05, 3.63) is 65.3 Å². The second kappa shape index (κ2) is 9.58. The standard InChI is InChI=1S/C23H28ClN5O/c1-28(2)16-14-21-26-27-23(29(21)19-10-8-18(24)9-11-19)17-6-12-20(13-7-17)30-22-5-3-4-15-25-22/h3-5,8-11,15,17,20H,6-7,12-14,16H2,1-2H3. The number of benzene rings is 1. The van der Waals surface area contributed by atoms with E-state index in [2.05, 4.69) is 38.7 Å². The molecule has 1 aliphatic carbocycles. The summed E-state index contributed by atoms with van der Waals surface area (Å²) in [5.41, 5.74) is 1.07. The van der Waals surface area contributed by atoms with Crippen molar-refractivity contribution < 1.29 is 4.74 Å². The van der Waals surface area contributed by atoms with Gasteiger partial charge in [0.05, 0.1) is 0 Å². The quantitative estimate of drug-likeness (QED) is 0.556. The molecule has 1 aromatic carbocycles. The summed E-state index contributed by atoms with van der Waals surface area (Å²) in [5, 5.41) is 9.93. The number of rotatable bonds is 7. The molecule has 1 saturated carbocycles. The minimum Gasteiger partial charge on any atom is -0.474 e. The Bertz CT molecular complexity index is 934. The van der Waals surface area contributed by atoms with Gasteiger partial charge in [-0.25, -0.2) is 4.98 Å². The zero-order valence-corrected chi connectivity index (χ0v) is 18.3. The van der Waals surface area contributed by atoms with Crippen LogP contribution in [0.4, 0.5) is 0 Å². The molecule has 3 aromatic rings. The first kappa shape index (κ1) is 20.8. The highest BCUT2D eigenvalue weighted by Crippen LogP contribution is 2.35. The summed E-state index contributed by atoms with van der Waals surface area (Å²) in [5.74, 6) is 3.11. The minimum absolute atomic E-state index is 0.205. The molecule has 6 nitrogen and oxygen atoms in total. The van der Waals surface area contributed by atoms with Gasteiger partial charge < -0.3 is 9.64 Å². The molecule has 0 saturated heterocycles. The number of likely N-dealkylation sites (N-methyl/N-ethyl adjacent to an activating group) is 1. The van der Waals surface area contributed by atoms with Crippen LogP contribution in [0, 0.1) is 0 Å². The molecule has 1 aliphatic rings. The van der Waals surface area contributed by atoms with Gasteiger partial charge in [0.1, 0.15) is 17.8 Å². The maximum absolute atomic E-state index is 6.12. The molecule has 2 aromatic heterocycles. The molecule has 2 heterocycles. The summed E-state index contributed by atoms with van der Waals surface area (Å²) >= 11 is 6.12. The SMILES string of the molecule is CN(C)CCc1nnc(C2CCC(Oc3ccccn3)CC2)n1-c1ccc(Cl)cc1. The number of ether oxygens (including phenoxy) is 1. The van der Waals surface area contributed by atoms with Crippen LogP contribution in [0.3, 0.4) is 0 Å². The lowest BCUT2D eigenvalue weighted by atomic mass is 9.86. The van der Waals surface area contributed by atoms with Crippen LogP contribution in [-0.2, 0) is 6.42 Å². The fraction of sp³-hybridized carbons (Fsp3) is 0.435. The maximum atomic E-state index is 6.12. The molecule has 0 amide bonds. The van der Waals surface area contributed by atoms with Gasteiger partial charge in [-0.3, -0.25) is 4.57 Å². The van der Waals surface area contributed by atoms with Crippen LogP contribution in [0.1, 0.15) is 43.3 Å². The molecule has 0 aliphatic heterocycles. The Morgan fingerprint density at radius 3 is 2.47 bits per heavy atom. The van der Waals surface area contributed by atoms with E-state index in [0.29, 0.717) is 11.8 Å². The third-order valence-corrected chi connectivity index (χ3v) is 5.84. The van der Waals surface area contributed by atoms with E-state index in [1.54, 1.807) is 6.20 Å². The predicted octanol–water partition coefficient (Wildman–Crippen LogP) is 4.53. The first-order valence-electron chi connectivity index (χ1n) is 10.5. The van der Waals surface area contributed by atoms with Gasteiger partial charge in [0.25, 0.3) is 0 Å². The van der Waals surface area contributed by atoms with Crippen LogP contribution in [0.2, 0.25) is 5.02 Å². The van der Waals surface area contributed by atoms with E-state index in [-0.39, 0.29) is 6.10 Å². The van der Waals surface area contributed by atoms with Gasteiger partial charge in [-0.15, -0.1) is 10.2 Å². The Morgan fingerprint density at radius 2 is 1.80 bits per heavy atom. The van der Waals surface area contributed by atoms with Gasteiger partial charge in [0.2, 0.25) is 5.88 Å². The molecular formula is C23H28ClN5O. The van der Waals surface area contributed by atoms with Crippen LogP contribution in [0.5, 0.6) is 5.88 Å². The Hall–Kier alpha value is -2.44. The molecule has 30 heavy (non-hydrogen) atoms. The van der Waals surface area contributed by atoms with E-state index >= 15 is 0 Å². The fourth-order valence-electron chi connectivity index (χ4n) is 3.98. The molecule has 0 spiro atoms. The average Bonchev–Trinajstić information content (AvgIpc) is 3.18. The summed E-state index contributed by atoms with van der Waals surface area (Å²) in [4.78, 5) is 6.45. The zero-order valence-electron chi connectivity index (χ0n) is 17.5. The summed E-state index contributed by atoms with van der Waals surface area (Å²) in [6.45, 7) is 0.927. The Morgan fingerprint density at radius 1 is 1.03 bits per heavy atom. The highest BCUT2D eigenvalue weighted by Gasteiger charge is 2.28. The minimum atomic E-state index is 0.205. The van der Waals surface area contributed by atoms with Crippen molar-refractivity contribution in [3.8, 4) is 11.6 Å². The van der Waals surface area contributed by atoms with Crippen LogP contribution >= 0.6 is 11.6 Å². The third-order valence-electron chi connectivity index (χ3n) is 5.59. The summed E-state index contributed by atoms with van der Waals surface area (Å²) in [6, 6.07) is 13.7. The number of halogens is 1. The van der Waals surface area contributed by atoms with Gasteiger partial charge >= 0.3 is 0 Å². The third kappa shape index (κ3) is 4.99. The topological polar surface area (TPSA) is 56.1 Å². The van der Waals surface area contributed by atoms with E-state index in [1.165, 1.54) is 0 Å². The van der Waals surface area contributed by atoms with Crippen molar-refractivity contribution in [2.24, 2.45) is 0 Å². The molecule has 0 N–H and O–H groups in total. The molecule has 0 radical (unpaired) electrons. The van der Waals surface area contributed by atoms with E-state index < -0.39 is 0 Å². The molecule has 0 bridgehead atoms. The molecule has 4 rings (SSSR count). The number of hydrogen-bond donors (Lipinski definition) is 0. The van der Waals surface area contributed by atoms with Crippen molar-refractivity contribution in [2.45, 2.75) is 44.1 Å². The number of hydrogen-bond acceptors (Lipinski definition) is 5. The predicted molar refractivity (Wildman–Crippen MR) is 118 cm³/mol. The van der Waals surface area contributed by atoms with Crippen LogP contribution < -0.4 is 4.74 Å².